The number of nitrogens with one attached hydrogen (secondary N) is 2. The van der Waals surface area contributed by atoms with E-state index in [1.807, 2.05) is 4.90 Å². The molecule has 2 fully saturated rings. The first kappa shape index (κ1) is 18.0. The zero-order valence-corrected chi connectivity index (χ0v) is 13.5. The summed E-state index contributed by atoms with van der Waals surface area (Å²) >= 11 is 0. The predicted octanol–water partition coefficient (Wildman–Crippen LogP) is 0.988. The van der Waals surface area contributed by atoms with Crippen LogP contribution in [0.5, 0.6) is 0 Å². The van der Waals surface area contributed by atoms with Gasteiger partial charge in [0.15, 0.2) is 0 Å². The van der Waals surface area contributed by atoms with E-state index in [-0.39, 0.29) is 18.3 Å². The van der Waals surface area contributed by atoms with E-state index in [9.17, 15) is 9.59 Å². The molecule has 0 aromatic rings. The molecule has 7 heteroatoms. The molecule has 3 unspecified atom stereocenters. The van der Waals surface area contributed by atoms with Crippen LogP contribution in [0.15, 0.2) is 0 Å². The van der Waals surface area contributed by atoms with Gasteiger partial charge in [-0.3, -0.25) is 4.79 Å². The SMILES string of the molecule is CCCCC(NC(N)=O)C(=O)N1CCC2CCC(C1)N2.Cl. The number of fused-ring (bicyclic) bond motifs is 2. The number of nitrogens with zero attached hydrogens (tertiary/aromatic N) is 1. The molecule has 2 heterocycles. The second-order valence-corrected chi connectivity index (χ2v) is 5.91. The highest BCUT2D eigenvalue weighted by Crippen LogP contribution is 2.21. The lowest BCUT2D eigenvalue weighted by Crippen LogP contribution is -2.51. The van der Waals surface area contributed by atoms with Gasteiger partial charge in [0.2, 0.25) is 5.91 Å². The van der Waals surface area contributed by atoms with Crippen LogP contribution < -0.4 is 16.4 Å². The number of urea groups is 1. The summed E-state index contributed by atoms with van der Waals surface area (Å²) in [5, 5.41) is 6.16. The highest BCUT2D eigenvalue weighted by molar-refractivity contribution is 5.86. The summed E-state index contributed by atoms with van der Waals surface area (Å²) in [6.45, 7) is 3.59. The third kappa shape index (κ3) is 5.04. The number of hydrogen-bond donors (Lipinski definition) is 3. The van der Waals surface area contributed by atoms with Crippen LogP contribution in [-0.4, -0.2) is 48.1 Å². The normalized spacial score (nSPS) is 25.7. The second-order valence-electron chi connectivity index (χ2n) is 5.91. The second kappa shape index (κ2) is 8.44. The van der Waals surface area contributed by atoms with Crippen LogP contribution >= 0.6 is 12.4 Å². The van der Waals surface area contributed by atoms with E-state index in [2.05, 4.69) is 17.6 Å². The fourth-order valence-corrected chi connectivity index (χ4v) is 3.20. The Hall–Kier alpha value is -1.01. The molecule has 2 bridgehead atoms. The number of carbonyl (C=O) groups is 2. The molecular formula is C14H27ClN4O2. The summed E-state index contributed by atoms with van der Waals surface area (Å²) in [4.78, 5) is 25.6. The Morgan fingerprint density at radius 1 is 1.33 bits per heavy atom. The summed E-state index contributed by atoms with van der Waals surface area (Å²) in [6.07, 6.45) is 5.92. The van der Waals surface area contributed by atoms with Crippen LogP contribution in [0.3, 0.4) is 0 Å². The Labute approximate surface area is 132 Å². The fourth-order valence-electron chi connectivity index (χ4n) is 3.20. The van der Waals surface area contributed by atoms with Gasteiger partial charge >= 0.3 is 6.03 Å². The zero-order valence-electron chi connectivity index (χ0n) is 12.6. The number of carbonyl (C=O) groups excluding carboxylic acids is 2. The van der Waals surface area contributed by atoms with Gasteiger partial charge in [0.25, 0.3) is 0 Å². The van der Waals surface area contributed by atoms with Crippen LogP contribution in [-0.2, 0) is 4.79 Å². The lowest BCUT2D eigenvalue weighted by molar-refractivity contribution is -0.133. The van der Waals surface area contributed by atoms with Gasteiger partial charge in [-0.25, -0.2) is 4.79 Å². The molecular weight excluding hydrogens is 292 g/mol. The molecule has 6 nitrogen and oxygen atoms in total. The Kier molecular flexibility index (Phi) is 7.25. The van der Waals surface area contributed by atoms with Crippen molar-refractivity contribution in [3.8, 4) is 0 Å². The first-order valence-electron chi connectivity index (χ1n) is 7.71. The first-order chi connectivity index (χ1) is 9.60. The van der Waals surface area contributed by atoms with Crippen LogP contribution in [0, 0.1) is 0 Å². The topological polar surface area (TPSA) is 87.5 Å². The third-order valence-electron chi connectivity index (χ3n) is 4.30. The highest BCUT2D eigenvalue weighted by Gasteiger charge is 2.33. The highest BCUT2D eigenvalue weighted by atomic mass is 35.5. The molecule has 4 N–H and O–H groups in total. The quantitative estimate of drug-likeness (QED) is 0.706. The summed E-state index contributed by atoms with van der Waals surface area (Å²) in [5.41, 5.74) is 5.19. The van der Waals surface area contributed by atoms with E-state index < -0.39 is 12.1 Å². The fraction of sp³-hybridized carbons (Fsp3) is 0.857. The van der Waals surface area contributed by atoms with Crippen molar-refractivity contribution in [3.05, 3.63) is 0 Å². The van der Waals surface area contributed by atoms with Crippen molar-refractivity contribution in [2.45, 2.75) is 63.6 Å². The smallest absolute Gasteiger partial charge is 0.312 e. The van der Waals surface area contributed by atoms with Gasteiger partial charge in [-0.1, -0.05) is 19.8 Å². The first-order valence-corrected chi connectivity index (χ1v) is 7.71. The Morgan fingerprint density at radius 3 is 2.71 bits per heavy atom. The molecule has 0 saturated carbocycles. The maximum Gasteiger partial charge on any atom is 0.312 e. The van der Waals surface area contributed by atoms with Gasteiger partial charge in [-0.05, 0) is 25.7 Å². The van der Waals surface area contributed by atoms with E-state index in [1.165, 1.54) is 6.42 Å². The summed E-state index contributed by atoms with van der Waals surface area (Å²) < 4.78 is 0. The average molecular weight is 319 g/mol. The van der Waals surface area contributed by atoms with Crippen molar-refractivity contribution < 1.29 is 9.59 Å². The summed E-state index contributed by atoms with van der Waals surface area (Å²) in [6, 6.07) is -0.124. The van der Waals surface area contributed by atoms with Gasteiger partial charge in [-0.15, -0.1) is 12.4 Å². The van der Waals surface area contributed by atoms with Crippen LogP contribution in [0.2, 0.25) is 0 Å². The molecule has 0 spiro atoms. The van der Waals surface area contributed by atoms with Crippen LogP contribution in [0.1, 0.15) is 45.4 Å². The van der Waals surface area contributed by atoms with E-state index in [4.69, 9.17) is 5.73 Å². The van der Waals surface area contributed by atoms with Gasteiger partial charge in [-0.2, -0.15) is 0 Å². The maximum atomic E-state index is 12.6. The molecule has 0 aromatic heterocycles. The van der Waals surface area contributed by atoms with E-state index in [1.54, 1.807) is 0 Å². The number of unbranched alkanes of at least 4 members (excludes halogenated alkanes) is 1. The molecule has 0 aliphatic carbocycles. The van der Waals surface area contributed by atoms with Gasteiger partial charge in [0.05, 0.1) is 0 Å². The zero-order chi connectivity index (χ0) is 14.5. The monoisotopic (exact) mass is 318 g/mol. The summed E-state index contributed by atoms with van der Waals surface area (Å²) in [5.74, 6) is 0.0200. The van der Waals surface area contributed by atoms with Crippen molar-refractivity contribution in [2.75, 3.05) is 13.1 Å². The van der Waals surface area contributed by atoms with Gasteiger partial charge < -0.3 is 21.3 Å². The van der Waals surface area contributed by atoms with Gasteiger partial charge in [0.1, 0.15) is 6.04 Å². The number of primary amides is 1. The standard InChI is InChI=1S/C14H26N4O2.ClH/c1-2-3-4-12(17-14(15)20)13(19)18-8-7-10-5-6-11(9-18)16-10;/h10-12,16H,2-9H2,1H3,(H3,15,17,20);1H. The molecule has 3 amide bonds. The van der Waals surface area contributed by atoms with Crippen molar-refractivity contribution in [3.63, 3.8) is 0 Å². The third-order valence-corrected chi connectivity index (χ3v) is 4.30. The average Bonchev–Trinajstić information content (AvgIpc) is 2.73. The minimum absolute atomic E-state index is 0. The van der Waals surface area contributed by atoms with Crippen molar-refractivity contribution in [2.24, 2.45) is 5.73 Å². The van der Waals surface area contributed by atoms with Crippen LogP contribution in [0.4, 0.5) is 4.79 Å². The maximum absolute atomic E-state index is 12.6. The molecule has 21 heavy (non-hydrogen) atoms. The lowest BCUT2D eigenvalue weighted by atomic mass is 10.1. The molecule has 2 aliphatic heterocycles. The Bertz CT molecular complexity index is 367. The molecule has 3 atom stereocenters. The predicted molar refractivity (Wildman–Crippen MR) is 84.4 cm³/mol. The Balaban J connectivity index is 0.00000220. The molecule has 0 radical (unpaired) electrons. The van der Waals surface area contributed by atoms with Crippen molar-refractivity contribution in [1.29, 1.82) is 0 Å². The van der Waals surface area contributed by atoms with Crippen LogP contribution in [0.25, 0.3) is 0 Å². The molecule has 2 rings (SSSR count). The molecule has 2 aliphatic rings. The number of amides is 3. The minimum Gasteiger partial charge on any atom is -0.352 e. The molecule has 2 saturated heterocycles. The Morgan fingerprint density at radius 2 is 2.05 bits per heavy atom. The summed E-state index contributed by atoms with van der Waals surface area (Å²) in [7, 11) is 0. The molecule has 122 valence electrons. The number of nitrogens with two attached hydrogens (primary N) is 1. The number of rotatable bonds is 5. The number of halogens is 1. The van der Waals surface area contributed by atoms with Crippen molar-refractivity contribution in [1.82, 2.24) is 15.5 Å². The van der Waals surface area contributed by atoms with Crippen molar-refractivity contribution >= 4 is 24.3 Å². The largest absolute Gasteiger partial charge is 0.352 e. The van der Waals surface area contributed by atoms with E-state index in [0.717, 1.165) is 38.8 Å². The van der Waals surface area contributed by atoms with Gasteiger partial charge in [0, 0.05) is 25.2 Å². The lowest BCUT2D eigenvalue weighted by Gasteiger charge is -2.28. The number of likely N-dealkylation sites (tertiary alicyclic amines) is 1. The molecule has 0 aromatic carbocycles. The number of hydrogen-bond acceptors (Lipinski definition) is 3. The van der Waals surface area contributed by atoms with E-state index in [0.29, 0.717) is 18.5 Å². The minimum atomic E-state index is -0.617. The van der Waals surface area contributed by atoms with E-state index >= 15 is 0 Å².